The monoisotopic (exact) mass is 494 g/mol. The van der Waals surface area contributed by atoms with Crippen molar-refractivity contribution >= 4 is 55.0 Å². The van der Waals surface area contributed by atoms with Gasteiger partial charge < -0.3 is 5.32 Å². The maximum absolute atomic E-state index is 11.9. The van der Waals surface area contributed by atoms with Crippen molar-refractivity contribution < 1.29 is 4.92 Å². The first-order valence-electron chi connectivity index (χ1n) is 9.54. The first kappa shape index (κ1) is 21.2. The van der Waals surface area contributed by atoms with Crippen molar-refractivity contribution in [1.29, 1.82) is 5.41 Å². The van der Waals surface area contributed by atoms with Crippen LogP contribution < -0.4 is 10.1 Å². The summed E-state index contributed by atoms with van der Waals surface area (Å²) in [5.74, 6) is 0.593. The molecule has 10 nitrogen and oxygen atoms in total. The number of fused-ring (bicyclic) bond motifs is 1. The number of nitro groups is 1. The molecule has 3 heterocycles. The number of para-hydroxylation sites is 1. The van der Waals surface area contributed by atoms with E-state index in [4.69, 9.17) is 5.41 Å². The molecule has 0 aliphatic rings. The fraction of sp³-hybridized carbons (Fsp3) is 0.0500. The molecule has 0 radical (unpaired) electrons. The molecule has 5 rings (SSSR count). The number of pyridine rings is 1. The van der Waals surface area contributed by atoms with Crippen molar-refractivity contribution in [2.24, 2.45) is 0 Å². The van der Waals surface area contributed by atoms with Gasteiger partial charge in [-0.25, -0.2) is 14.6 Å². The average Bonchev–Trinajstić information content (AvgIpc) is 3.44. The number of nitrogens with one attached hydrogen (secondary N) is 2. The number of anilines is 1. The van der Waals surface area contributed by atoms with Gasteiger partial charge in [-0.3, -0.25) is 15.5 Å². The number of rotatable bonds is 7. The molecule has 1 atom stereocenters. The molecule has 0 aliphatic heterocycles. The van der Waals surface area contributed by atoms with E-state index >= 15 is 0 Å². The fourth-order valence-electron chi connectivity index (χ4n) is 3.21. The lowest BCUT2D eigenvalue weighted by atomic mass is 10.1. The summed E-state index contributed by atoms with van der Waals surface area (Å²) < 4.78 is 2.27. The molecule has 2 aromatic carbocycles. The highest BCUT2D eigenvalue weighted by Crippen LogP contribution is 2.38. The minimum Gasteiger partial charge on any atom is -0.345 e. The lowest BCUT2D eigenvalue weighted by Crippen LogP contribution is -2.21. The summed E-state index contributed by atoms with van der Waals surface area (Å²) in [6, 6.07) is 18.0. The number of nitro benzene ring substituents is 1. The summed E-state index contributed by atoms with van der Waals surface area (Å²) in [5, 5.41) is 31.4. The third-order valence-corrected chi connectivity index (χ3v) is 8.06. The second-order valence-corrected chi connectivity index (χ2v) is 10.1. The van der Waals surface area contributed by atoms with Gasteiger partial charge in [-0.05, 0) is 51.0 Å². The van der Waals surface area contributed by atoms with Gasteiger partial charge in [0.25, 0.3) is 5.69 Å². The summed E-state index contributed by atoms with van der Waals surface area (Å²) >= 11 is 1.18. The highest BCUT2D eigenvalue weighted by Gasteiger charge is 2.24. The van der Waals surface area contributed by atoms with Crippen LogP contribution in [0.1, 0.15) is 11.7 Å². The van der Waals surface area contributed by atoms with Gasteiger partial charge in [0, 0.05) is 17.8 Å². The van der Waals surface area contributed by atoms with E-state index in [-0.39, 0.29) is 10.5 Å². The molecule has 0 saturated carbocycles. The molecule has 5 aromatic rings. The van der Waals surface area contributed by atoms with E-state index in [1.807, 2.05) is 48.5 Å². The van der Waals surface area contributed by atoms with Gasteiger partial charge in [0.2, 0.25) is 4.80 Å². The third-order valence-electron chi connectivity index (χ3n) is 4.65. The van der Waals surface area contributed by atoms with Crippen LogP contribution in [0.3, 0.4) is 0 Å². The Bertz CT molecular complexity index is 1500. The lowest BCUT2D eigenvalue weighted by Gasteiger charge is -2.21. The lowest BCUT2D eigenvalue weighted by molar-refractivity contribution is -0.387. The Labute approximate surface area is 198 Å². The smallest absolute Gasteiger partial charge is 0.283 e. The number of hydrogen-bond acceptors (Lipinski definition) is 11. The Balaban J connectivity index is 1.60. The largest absolute Gasteiger partial charge is 0.345 e. The van der Waals surface area contributed by atoms with E-state index in [1.54, 1.807) is 16.9 Å². The zero-order valence-corrected chi connectivity index (χ0v) is 19.1. The van der Waals surface area contributed by atoms with Gasteiger partial charge in [0.15, 0.2) is 4.34 Å². The maximum Gasteiger partial charge on any atom is 0.283 e. The van der Waals surface area contributed by atoms with Crippen molar-refractivity contribution in [2.45, 2.75) is 15.4 Å². The van der Waals surface area contributed by atoms with Gasteiger partial charge in [0.05, 0.1) is 15.3 Å². The Morgan fingerprint density at radius 1 is 1.12 bits per heavy atom. The van der Waals surface area contributed by atoms with Crippen LogP contribution in [0.25, 0.3) is 11.0 Å². The molecule has 0 saturated heterocycles. The van der Waals surface area contributed by atoms with Crippen LogP contribution in [-0.2, 0) is 0 Å². The molecule has 0 amide bonds. The number of hydrogen-bond donors (Lipinski definition) is 2. The number of aromatic nitrogens is 5. The van der Waals surface area contributed by atoms with E-state index in [2.05, 4.69) is 25.6 Å². The number of nitrogens with zero attached hydrogens (tertiary/aromatic N) is 6. The quantitative estimate of drug-likeness (QED) is 0.191. The van der Waals surface area contributed by atoms with Crippen molar-refractivity contribution in [3.05, 3.63) is 87.3 Å². The number of benzene rings is 2. The second-order valence-electron chi connectivity index (χ2n) is 6.72. The molecule has 33 heavy (non-hydrogen) atoms. The summed E-state index contributed by atoms with van der Waals surface area (Å²) in [4.78, 5) is 20.6. The van der Waals surface area contributed by atoms with Crippen molar-refractivity contribution in [1.82, 2.24) is 25.0 Å². The Kier molecular flexibility index (Phi) is 5.81. The summed E-state index contributed by atoms with van der Waals surface area (Å²) in [6.45, 7) is 0. The fourth-order valence-corrected chi connectivity index (χ4v) is 6.13. The van der Waals surface area contributed by atoms with Crippen LogP contribution in [0.5, 0.6) is 0 Å². The maximum atomic E-state index is 11.9. The molecule has 0 aliphatic carbocycles. The van der Waals surface area contributed by atoms with Gasteiger partial charge in [-0.1, -0.05) is 41.2 Å². The highest BCUT2D eigenvalue weighted by molar-refractivity contribution is 8.02. The van der Waals surface area contributed by atoms with Crippen molar-refractivity contribution in [3.8, 4) is 0 Å². The third kappa shape index (κ3) is 4.46. The molecular formula is C20H14N8O2S3. The summed E-state index contributed by atoms with van der Waals surface area (Å²) in [6.07, 6.45) is 1.07. The van der Waals surface area contributed by atoms with E-state index in [0.717, 1.165) is 5.52 Å². The molecule has 3 aromatic heterocycles. The Morgan fingerprint density at radius 3 is 2.73 bits per heavy atom. The molecule has 0 fully saturated rings. The van der Waals surface area contributed by atoms with Crippen LogP contribution in [0, 0.1) is 15.5 Å². The van der Waals surface area contributed by atoms with E-state index < -0.39 is 11.1 Å². The predicted octanol–water partition coefficient (Wildman–Crippen LogP) is 4.54. The first-order chi connectivity index (χ1) is 16.1. The summed E-state index contributed by atoms with van der Waals surface area (Å²) in [7, 11) is 2.53. The molecule has 164 valence electrons. The standard InChI is InChI=1S/C20H14N8O2S3/c21-19-24-20(33-32-19)31-16-9-8-12(11-15(16)28(29)30)18(23-17-7-3-4-10-22-17)27-14-6-2-1-5-13(14)25-26-27/h1-11,18,21H,(H,22,23)/t18-/m1/s1. The SMILES string of the molecule is N=c1nc(Sc2ccc([C@H](Nc3ccccn3)n3nnc4ccccc43)cc2[N+](=O)[O-])ss1. The molecule has 0 unspecified atom stereocenters. The summed E-state index contributed by atoms with van der Waals surface area (Å²) in [5.41, 5.74) is 2.06. The topological polar surface area (TPSA) is 136 Å². The zero-order chi connectivity index (χ0) is 22.8. The molecule has 0 bridgehead atoms. The minimum atomic E-state index is -0.591. The minimum absolute atomic E-state index is 0.0542. The van der Waals surface area contributed by atoms with E-state index in [9.17, 15) is 10.1 Å². The van der Waals surface area contributed by atoms with Crippen LogP contribution in [0.4, 0.5) is 11.5 Å². The Morgan fingerprint density at radius 2 is 1.97 bits per heavy atom. The van der Waals surface area contributed by atoms with E-state index in [1.165, 1.54) is 38.5 Å². The molecule has 0 spiro atoms. The molecule has 2 N–H and O–H groups in total. The Hall–Kier alpha value is -3.68. The van der Waals surface area contributed by atoms with Gasteiger partial charge >= 0.3 is 0 Å². The zero-order valence-electron chi connectivity index (χ0n) is 16.7. The van der Waals surface area contributed by atoms with E-state index in [0.29, 0.717) is 26.1 Å². The molecule has 13 heteroatoms. The van der Waals surface area contributed by atoms with Gasteiger partial charge in [-0.15, -0.1) is 5.10 Å². The first-order valence-corrected chi connectivity index (χ1v) is 12.5. The predicted molar refractivity (Wildman–Crippen MR) is 127 cm³/mol. The second kappa shape index (κ2) is 9.05. The van der Waals surface area contributed by atoms with Gasteiger partial charge in [0.1, 0.15) is 17.5 Å². The molecular weight excluding hydrogens is 480 g/mol. The van der Waals surface area contributed by atoms with Crippen LogP contribution in [0.15, 0.2) is 76.1 Å². The van der Waals surface area contributed by atoms with Crippen molar-refractivity contribution in [3.63, 3.8) is 0 Å². The van der Waals surface area contributed by atoms with Gasteiger partial charge in [-0.2, -0.15) is 0 Å². The van der Waals surface area contributed by atoms with Crippen molar-refractivity contribution in [2.75, 3.05) is 5.32 Å². The highest BCUT2D eigenvalue weighted by atomic mass is 32.9. The van der Waals surface area contributed by atoms with Crippen LogP contribution >= 0.6 is 32.4 Å². The normalized spacial score (nSPS) is 12.0. The van der Waals surface area contributed by atoms with Crippen LogP contribution in [-0.4, -0.2) is 29.9 Å². The average molecular weight is 495 g/mol. The van der Waals surface area contributed by atoms with Crippen LogP contribution in [0.2, 0.25) is 0 Å².